The Morgan fingerprint density at radius 2 is 2.00 bits per heavy atom. The lowest BCUT2D eigenvalue weighted by Gasteiger charge is -2.37. The predicted octanol–water partition coefficient (Wildman–Crippen LogP) is 1.85. The quantitative estimate of drug-likeness (QED) is 0.710. The molecule has 0 bridgehead atoms. The lowest BCUT2D eigenvalue weighted by atomic mass is 10.0. The van der Waals surface area contributed by atoms with Crippen LogP contribution in [0, 0.1) is 0 Å². The molecule has 2 rings (SSSR count). The molecule has 0 spiro atoms. The van der Waals surface area contributed by atoms with Crippen molar-refractivity contribution in [2.75, 3.05) is 19.6 Å². The van der Waals surface area contributed by atoms with Crippen molar-refractivity contribution in [2.45, 2.75) is 63.5 Å². The van der Waals surface area contributed by atoms with E-state index in [0.29, 0.717) is 6.04 Å². The lowest BCUT2D eigenvalue weighted by molar-refractivity contribution is -0.137. The van der Waals surface area contributed by atoms with Crippen LogP contribution in [-0.4, -0.2) is 47.7 Å². The van der Waals surface area contributed by atoms with Gasteiger partial charge in [0.05, 0.1) is 0 Å². The second-order valence-electron chi connectivity index (χ2n) is 5.72. The molecule has 1 atom stereocenters. The Balaban J connectivity index is 1.64. The van der Waals surface area contributed by atoms with Crippen molar-refractivity contribution in [1.29, 1.82) is 0 Å². The molecule has 4 nitrogen and oxygen atoms in total. The maximum Gasteiger partial charge on any atom is 0.303 e. The van der Waals surface area contributed by atoms with E-state index in [0.717, 1.165) is 25.6 Å². The number of carboxylic acid groups (broad SMARTS) is 1. The summed E-state index contributed by atoms with van der Waals surface area (Å²) in [5, 5.41) is 12.1. The molecular weight excluding hydrogens is 228 g/mol. The van der Waals surface area contributed by atoms with Gasteiger partial charge in [-0.05, 0) is 45.2 Å². The third kappa shape index (κ3) is 4.25. The maximum atomic E-state index is 10.4. The molecule has 2 N–H and O–H groups in total. The van der Waals surface area contributed by atoms with Gasteiger partial charge in [0.25, 0.3) is 0 Å². The van der Waals surface area contributed by atoms with Crippen molar-refractivity contribution < 1.29 is 9.90 Å². The number of nitrogens with zero attached hydrogens (tertiary/aromatic N) is 1. The standard InChI is InChI=1S/C14H26N2O2/c17-14(18)8-3-9-15-12-5-4-10-16(11-12)13-6-1-2-7-13/h12-13,15H,1-11H2,(H,17,18). The molecule has 0 aromatic carbocycles. The summed E-state index contributed by atoms with van der Waals surface area (Å²) >= 11 is 0. The van der Waals surface area contributed by atoms with Gasteiger partial charge < -0.3 is 10.4 Å². The van der Waals surface area contributed by atoms with Crippen molar-refractivity contribution in [1.82, 2.24) is 10.2 Å². The number of aliphatic carboxylic acids is 1. The first kappa shape index (κ1) is 13.8. The van der Waals surface area contributed by atoms with Gasteiger partial charge in [0.1, 0.15) is 0 Å². The van der Waals surface area contributed by atoms with Gasteiger partial charge in [-0.15, -0.1) is 0 Å². The van der Waals surface area contributed by atoms with Gasteiger partial charge in [0.2, 0.25) is 0 Å². The fourth-order valence-corrected chi connectivity index (χ4v) is 3.32. The molecule has 0 aromatic heterocycles. The Morgan fingerprint density at radius 1 is 1.22 bits per heavy atom. The summed E-state index contributed by atoms with van der Waals surface area (Å²) in [7, 11) is 0. The highest BCUT2D eigenvalue weighted by Crippen LogP contribution is 2.26. The van der Waals surface area contributed by atoms with E-state index in [1.807, 2.05) is 0 Å². The average Bonchev–Trinajstić information content (AvgIpc) is 2.89. The van der Waals surface area contributed by atoms with Crippen LogP contribution >= 0.6 is 0 Å². The Labute approximate surface area is 110 Å². The summed E-state index contributed by atoms with van der Waals surface area (Å²) in [6.45, 7) is 3.27. The molecule has 2 aliphatic rings. The Bertz CT molecular complexity index is 265. The van der Waals surface area contributed by atoms with Crippen LogP contribution in [0.4, 0.5) is 0 Å². The molecule has 2 fully saturated rings. The van der Waals surface area contributed by atoms with E-state index in [4.69, 9.17) is 5.11 Å². The van der Waals surface area contributed by atoms with Gasteiger partial charge in [0.15, 0.2) is 0 Å². The van der Waals surface area contributed by atoms with E-state index < -0.39 is 5.97 Å². The minimum Gasteiger partial charge on any atom is -0.481 e. The van der Waals surface area contributed by atoms with Crippen molar-refractivity contribution in [3.8, 4) is 0 Å². The molecule has 0 aromatic rings. The van der Waals surface area contributed by atoms with E-state index >= 15 is 0 Å². The lowest BCUT2D eigenvalue weighted by Crippen LogP contribution is -2.49. The largest absolute Gasteiger partial charge is 0.481 e. The highest BCUT2D eigenvalue weighted by atomic mass is 16.4. The number of likely N-dealkylation sites (tertiary alicyclic amines) is 1. The first-order valence-corrected chi connectivity index (χ1v) is 7.45. The van der Waals surface area contributed by atoms with Gasteiger partial charge in [-0.25, -0.2) is 0 Å². The predicted molar refractivity (Wildman–Crippen MR) is 71.7 cm³/mol. The fourth-order valence-electron chi connectivity index (χ4n) is 3.32. The van der Waals surface area contributed by atoms with Crippen molar-refractivity contribution in [3.05, 3.63) is 0 Å². The van der Waals surface area contributed by atoms with Crippen LogP contribution < -0.4 is 5.32 Å². The van der Waals surface area contributed by atoms with Crippen molar-refractivity contribution in [2.24, 2.45) is 0 Å². The highest BCUT2D eigenvalue weighted by Gasteiger charge is 2.27. The number of piperidine rings is 1. The number of carbonyl (C=O) groups is 1. The number of rotatable bonds is 6. The molecule has 1 saturated carbocycles. The molecule has 1 aliphatic heterocycles. The Morgan fingerprint density at radius 3 is 2.72 bits per heavy atom. The number of hydrogen-bond donors (Lipinski definition) is 2. The summed E-state index contributed by atoms with van der Waals surface area (Å²) in [5.74, 6) is -0.687. The first-order valence-electron chi connectivity index (χ1n) is 7.45. The maximum absolute atomic E-state index is 10.4. The van der Waals surface area contributed by atoms with Crippen molar-refractivity contribution >= 4 is 5.97 Å². The van der Waals surface area contributed by atoms with Gasteiger partial charge in [-0.1, -0.05) is 12.8 Å². The summed E-state index contributed by atoms with van der Waals surface area (Å²) in [6.07, 6.45) is 9.12. The zero-order valence-electron chi connectivity index (χ0n) is 11.2. The number of carboxylic acids is 1. The van der Waals surface area contributed by atoms with Crippen LogP contribution in [0.3, 0.4) is 0 Å². The second kappa shape index (κ2) is 7.10. The third-order valence-electron chi connectivity index (χ3n) is 4.29. The molecule has 1 saturated heterocycles. The first-order chi connectivity index (χ1) is 8.75. The van der Waals surface area contributed by atoms with E-state index in [2.05, 4.69) is 10.2 Å². The van der Waals surface area contributed by atoms with Gasteiger partial charge in [-0.2, -0.15) is 0 Å². The summed E-state index contributed by atoms with van der Waals surface area (Å²) in [4.78, 5) is 13.1. The molecule has 1 unspecified atom stereocenters. The topological polar surface area (TPSA) is 52.6 Å². The normalized spacial score (nSPS) is 26.6. The number of hydrogen-bond acceptors (Lipinski definition) is 3. The van der Waals surface area contributed by atoms with Crippen LogP contribution in [0.2, 0.25) is 0 Å². The fraction of sp³-hybridized carbons (Fsp3) is 0.929. The minimum absolute atomic E-state index is 0.284. The zero-order chi connectivity index (χ0) is 12.8. The Hall–Kier alpha value is -0.610. The van der Waals surface area contributed by atoms with E-state index in [9.17, 15) is 4.79 Å². The van der Waals surface area contributed by atoms with Crippen LogP contribution in [0.1, 0.15) is 51.4 Å². The molecule has 0 radical (unpaired) electrons. The van der Waals surface area contributed by atoms with Crippen LogP contribution in [0.5, 0.6) is 0 Å². The molecule has 1 heterocycles. The van der Waals surface area contributed by atoms with Crippen LogP contribution in [-0.2, 0) is 4.79 Å². The second-order valence-corrected chi connectivity index (χ2v) is 5.72. The smallest absolute Gasteiger partial charge is 0.303 e. The molecule has 18 heavy (non-hydrogen) atoms. The van der Waals surface area contributed by atoms with Crippen molar-refractivity contribution in [3.63, 3.8) is 0 Å². The van der Waals surface area contributed by atoms with Crippen LogP contribution in [0.25, 0.3) is 0 Å². The van der Waals surface area contributed by atoms with E-state index in [1.165, 1.54) is 45.1 Å². The monoisotopic (exact) mass is 254 g/mol. The summed E-state index contributed by atoms with van der Waals surface area (Å²) < 4.78 is 0. The minimum atomic E-state index is -0.687. The summed E-state index contributed by atoms with van der Waals surface area (Å²) in [5.41, 5.74) is 0. The molecule has 1 aliphatic carbocycles. The summed E-state index contributed by atoms with van der Waals surface area (Å²) in [6, 6.07) is 1.40. The molecule has 4 heteroatoms. The third-order valence-corrected chi connectivity index (χ3v) is 4.29. The van der Waals surface area contributed by atoms with E-state index in [1.54, 1.807) is 0 Å². The average molecular weight is 254 g/mol. The highest BCUT2D eigenvalue weighted by molar-refractivity contribution is 5.66. The molecule has 0 amide bonds. The van der Waals surface area contributed by atoms with Gasteiger partial charge in [0, 0.05) is 25.0 Å². The zero-order valence-corrected chi connectivity index (χ0v) is 11.2. The van der Waals surface area contributed by atoms with Crippen LogP contribution in [0.15, 0.2) is 0 Å². The van der Waals surface area contributed by atoms with E-state index in [-0.39, 0.29) is 6.42 Å². The Kier molecular flexibility index (Phi) is 5.45. The van der Waals surface area contributed by atoms with Gasteiger partial charge >= 0.3 is 5.97 Å². The SMILES string of the molecule is O=C(O)CCCNC1CCCN(C2CCCC2)C1. The van der Waals surface area contributed by atoms with Gasteiger partial charge in [-0.3, -0.25) is 9.69 Å². The number of nitrogens with one attached hydrogen (secondary N) is 1. The molecular formula is C14H26N2O2. The molecule has 104 valence electrons.